The molecule has 2 aliphatic heterocycles. The highest BCUT2D eigenvalue weighted by Gasteiger charge is 2.26. The van der Waals surface area contributed by atoms with Gasteiger partial charge in [0.1, 0.15) is 0 Å². The maximum atomic E-state index is 12.7. The number of carbonyl (C=O) groups is 2. The number of hydrogen-bond donors (Lipinski definition) is 0. The first-order valence-corrected chi connectivity index (χ1v) is 8.71. The van der Waals surface area contributed by atoms with E-state index in [4.69, 9.17) is 9.47 Å². The summed E-state index contributed by atoms with van der Waals surface area (Å²) < 4.78 is 10.6. The van der Waals surface area contributed by atoms with Crippen LogP contribution in [0.3, 0.4) is 0 Å². The molecule has 6 nitrogen and oxygen atoms in total. The molecule has 6 heteroatoms. The number of ether oxygens (including phenoxy) is 2. The minimum atomic E-state index is -0.0431. The van der Waals surface area contributed by atoms with Crippen LogP contribution in [0, 0.1) is 0 Å². The van der Waals surface area contributed by atoms with Gasteiger partial charge in [0, 0.05) is 31.7 Å². The lowest BCUT2D eigenvalue weighted by atomic mass is 10.1. The van der Waals surface area contributed by atoms with E-state index < -0.39 is 0 Å². The molecule has 0 N–H and O–H groups in total. The summed E-state index contributed by atoms with van der Waals surface area (Å²) in [5.74, 6) is 1.33. The third-order valence-corrected chi connectivity index (χ3v) is 4.74. The Kier molecular flexibility index (Phi) is 4.48. The molecule has 4 rings (SSSR count). The van der Waals surface area contributed by atoms with E-state index in [1.54, 1.807) is 23.1 Å². The molecule has 0 saturated carbocycles. The molecule has 0 aromatic heterocycles. The largest absolute Gasteiger partial charge is 0.454 e. The molecule has 0 bridgehead atoms. The summed E-state index contributed by atoms with van der Waals surface area (Å²) in [6.07, 6.45) is 0.400. The van der Waals surface area contributed by atoms with E-state index in [0.29, 0.717) is 49.7 Å². The van der Waals surface area contributed by atoms with E-state index in [1.807, 2.05) is 35.2 Å². The summed E-state index contributed by atoms with van der Waals surface area (Å²) in [5, 5.41) is 0. The predicted molar refractivity (Wildman–Crippen MR) is 95.2 cm³/mol. The van der Waals surface area contributed by atoms with Crippen LogP contribution in [0.5, 0.6) is 11.5 Å². The first-order chi connectivity index (χ1) is 12.7. The molecule has 134 valence electrons. The van der Waals surface area contributed by atoms with Crippen molar-refractivity contribution < 1.29 is 19.1 Å². The number of fused-ring (bicyclic) bond motifs is 1. The summed E-state index contributed by atoms with van der Waals surface area (Å²) in [7, 11) is 0. The van der Waals surface area contributed by atoms with Crippen molar-refractivity contribution in [1.82, 2.24) is 9.80 Å². The van der Waals surface area contributed by atoms with Crippen molar-refractivity contribution in [2.24, 2.45) is 0 Å². The maximum absolute atomic E-state index is 12.7. The van der Waals surface area contributed by atoms with Crippen LogP contribution in [0.4, 0.5) is 0 Å². The summed E-state index contributed by atoms with van der Waals surface area (Å²) in [5.41, 5.74) is 1.59. The van der Waals surface area contributed by atoms with Crippen molar-refractivity contribution >= 4 is 11.8 Å². The van der Waals surface area contributed by atoms with Crippen LogP contribution >= 0.6 is 0 Å². The van der Waals surface area contributed by atoms with Crippen molar-refractivity contribution in [2.45, 2.75) is 6.42 Å². The van der Waals surface area contributed by atoms with Crippen LogP contribution < -0.4 is 9.47 Å². The Bertz CT molecular complexity index is 814. The molecular weight excluding hydrogens is 332 g/mol. The molecule has 0 radical (unpaired) electrons. The fourth-order valence-corrected chi connectivity index (χ4v) is 3.25. The number of amides is 2. The Morgan fingerprint density at radius 3 is 2.31 bits per heavy atom. The van der Waals surface area contributed by atoms with Crippen LogP contribution in [0.15, 0.2) is 48.5 Å². The molecule has 26 heavy (non-hydrogen) atoms. The van der Waals surface area contributed by atoms with Gasteiger partial charge in [0.05, 0.1) is 6.42 Å². The molecule has 0 atom stereocenters. The van der Waals surface area contributed by atoms with Crippen molar-refractivity contribution in [1.29, 1.82) is 0 Å². The molecule has 0 aliphatic carbocycles. The number of piperazine rings is 1. The third-order valence-electron chi connectivity index (χ3n) is 4.74. The number of nitrogens with zero attached hydrogens (tertiary/aromatic N) is 2. The van der Waals surface area contributed by atoms with E-state index in [1.165, 1.54) is 0 Å². The van der Waals surface area contributed by atoms with Crippen molar-refractivity contribution in [3.63, 3.8) is 0 Å². The molecule has 0 unspecified atom stereocenters. The van der Waals surface area contributed by atoms with Gasteiger partial charge in [0.25, 0.3) is 5.91 Å². The summed E-state index contributed by atoms with van der Waals surface area (Å²) in [6, 6.07) is 15.0. The molecule has 2 aromatic carbocycles. The second-order valence-electron chi connectivity index (χ2n) is 6.40. The highest BCUT2D eigenvalue weighted by atomic mass is 16.7. The molecule has 1 saturated heterocycles. The molecule has 1 fully saturated rings. The number of benzene rings is 2. The van der Waals surface area contributed by atoms with E-state index in [2.05, 4.69) is 0 Å². The van der Waals surface area contributed by atoms with Gasteiger partial charge in [-0.2, -0.15) is 0 Å². The predicted octanol–water partition coefficient (Wildman–Crippen LogP) is 1.94. The monoisotopic (exact) mass is 352 g/mol. The van der Waals surface area contributed by atoms with E-state index >= 15 is 0 Å². The molecule has 0 spiro atoms. The molecule has 2 heterocycles. The van der Waals surface area contributed by atoms with Gasteiger partial charge in [-0.1, -0.05) is 30.3 Å². The average Bonchev–Trinajstić information content (AvgIpc) is 3.16. The second kappa shape index (κ2) is 7.07. The number of carbonyl (C=O) groups excluding carboxylic acids is 2. The minimum absolute atomic E-state index is 0.0431. The maximum Gasteiger partial charge on any atom is 0.254 e. The van der Waals surface area contributed by atoms with Crippen LogP contribution in [0.25, 0.3) is 0 Å². The average molecular weight is 352 g/mol. The Hall–Kier alpha value is -3.02. The third kappa shape index (κ3) is 3.35. The smallest absolute Gasteiger partial charge is 0.254 e. The summed E-state index contributed by atoms with van der Waals surface area (Å²) >= 11 is 0. The Balaban J connectivity index is 1.34. The Morgan fingerprint density at radius 2 is 1.54 bits per heavy atom. The Morgan fingerprint density at radius 1 is 0.846 bits per heavy atom. The van der Waals surface area contributed by atoms with Crippen molar-refractivity contribution in [3.8, 4) is 11.5 Å². The fourth-order valence-electron chi connectivity index (χ4n) is 3.25. The van der Waals surface area contributed by atoms with Gasteiger partial charge in [-0.25, -0.2) is 0 Å². The first-order valence-electron chi connectivity index (χ1n) is 8.71. The lowest BCUT2D eigenvalue weighted by Gasteiger charge is -2.35. The van der Waals surface area contributed by atoms with Gasteiger partial charge in [0.2, 0.25) is 12.7 Å². The lowest BCUT2D eigenvalue weighted by molar-refractivity contribution is -0.131. The van der Waals surface area contributed by atoms with E-state index in [9.17, 15) is 9.59 Å². The van der Waals surface area contributed by atoms with Gasteiger partial charge < -0.3 is 19.3 Å². The van der Waals surface area contributed by atoms with Crippen LogP contribution in [-0.2, 0) is 11.2 Å². The molecule has 2 amide bonds. The molecule has 2 aromatic rings. The van der Waals surface area contributed by atoms with Crippen molar-refractivity contribution in [2.75, 3.05) is 33.0 Å². The highest BCUT2D eigenvalue weighted by molar-refractivity contribution is 5.95. The number of hydrogen-bond acceptors (Lipinski definition) is 4. The van der Waals surface area contributed by atoms with E-state index in [0.717, 1.165) is 5.56 Å². The van der Waals surface area contributed by atoms with Gasteiger partial charge in [-0.05, 0) is 23.8 Å². The van der Waals surface area contributed by atoms with Gasteiger partial charge in [0.15, 0.2) is 11.5 Å². The standard InChI is InChI=1S/C20H20N2O4/c23-19(12-15-4-2-1-3-5-15)21-8-10-22(11-9-21)20(24)16-6-7-17-18(13-16)26-14-25-17/h1-7,13H,8-12,14H2. The molecule has 2 aliphatic rings. The SMILES string of the molecule is O=C(Cc1ccccc1)N1CCN(C(=O)c2ccc3c(c2)OCO3)CC1. The zero-order chi connectivity index (χ0) is 17.9. The molecular formula is C20H20N2O4. The van der Waals surface area contributed by atoms with Gasteiger partial charge >= 0.3 is 0 Å². The van der Waals surface area contributed by atoms with Crippen LogP contribution in [0.1, 0.15) is 15.9 Å². The van der Waals surface area contributed by atoms with Gasteiger partial charge in [-0.15, -0.1) is 0 Å². The Labute approximate surface area is 151 Å². The normalized spacial score (nSPS) is 15.8. The van der Waals surface area contributed by atoms with Gasteiger partial charge in [-0.3, -0.25) is 9.59 Å². The van der Waals surface area contributed by atoms with Crippen molar-refractivity contribution in [3.05, 3.63) is 59.7 Å². The van der Waals surface area contributed by atoms with Crippen LogP contribution in [-0.4, -0.2) is 54.6 Å². The summed E-state index contributed by atoms with van der Waals surface area (Å²) in [4.78, 5) is 28.7. The topological polar surface area (TPSA) is 59.1 Å². The zero-order valence-corrected chi connectivity index (χ0v) is 14.4. The van der Waals surface area contributed by atoms with Crippen LogP contribution in [0.2, 0.25) is 0 Å². The summed E-state index contributed by atoms with van der Waals surface area (Å²) in [6.45, 7) is 2.38. The second-order valence-corrected chi connectivity index (χ2v) is 6.40. The fraction of sp³-hybridized carbons (Fsp3) is 0.300. The minimum Gasteiger partial charge on any atom is -0.454 e. The highest BCUT2D eigenvalue weighted by Crippen LogP contribution is 2.32. The quantitative estimate of drug-likeness (QED) is 0.847. The lowest BCUT2D eigenvalue weighted by Crippen LogP contribution is -2.51. The van der Waals surface area contributed by atoms with E-state index in [-0.39, 0.29) is 18.6 Å². The first kappa shape index (κ1) is 16.4. The number of rotatable bonds is 3. The zero-order valence-electron chi connectivity index (χ0n) is 14.4.